The Kier molecular flexibility index (Phi) is 5.55. The lowest BCUT2D eigenvalue weighted by atomic mass is 10.2. The molecule has 3 rings (SSSR count). The number of aromatic nitrogens is 3. The molecule has 1 aromatic heterocycles. The molecule has 2 N–H and O–H groups in total. The second kappa shape index (κ2) is 8.22. The first-order chi connectivity index (χ1) is 13.1. The molecule has 0 spiro atoms. The lowest BCUT2D eigenvalue weighted by Crippen LogP contribution is -2.04. The molecule has 140 valence electrons. The molecule has 0 unspecified atom stereocenters. The molecule has 0 bridgehead atoms. The van der Waals surface area contributed by atoms with Crippen LogP contribution in [0.4, 0.5) is 23.1 Å². The van der Waals surface area contributed by atoms with Crippen molar-refractivity contribution in [2.45, 2.75) is 6.92 Å². The quantitative estimate of drug-likeness (QED) is 0.653. The molecular weight excluding hydrogens is 346 g/mol. The molecule has 8 nitrogen and oxygen atoms in total. The van der Waals surface area contributed by atoms with Crippen LogP contribution in [0.2, 0.25) is 0 Å². The second-order valence-corrected chi connectivity index (χ2v) is 5.64. The maximum Gasteiger partial charge on any atom is 0.249 e. The van der Waals surface area contributed by atoms with Gasteiger partial charge < -0.3 is 24.8 Å². The Morgan fingerprint density at radius 1 is 0.889 bits per heavy atom. The summed E-state index contributed by atoms with van der Waals surface area (Å²) < 4.78 is 16.0. The Hall–Kier alpha value is -3.55. The van der Waals surface area contributed by atoms with Gasteiger partial charge in [-0.05, 0) is 18.6 Å². The first kappa shape index (κ1) is 18.2. The fraction of sp³-hybridized carbons (Fsp3) is 0.211. The first-order valence-electron chi connectivity index (χ1n) is 8.24. The van der Waals surface area contributed by atoms with Crippen LogP contribution in [-0.2, 0) is 0 Å². The Labute approximate surface area is 157 Å². The van der Waals surface area contributed by atoms with Gasteiger partial charge in [-0.3, -0.25) is 0 Å². The van der Waals surface area contributed by atoms with Gasteiger partial charge >= 0.3 is 0 Å². The molecule has 0 saturated carbocycles. The lowest BCUT2D eigenvalue weighted by Gasteiger charge is -2.14. The van der Waals surface area contributed by atoms with Crippen molar-refractivity contribution in [3.05, 3.63) is 48.2 Å². The van der Waals surface area contributed by atoms with Crippen molar-refractivity contribution >= 4 is 23.1 Å². The van der Waals surface area contributed by atoms with E-state index in [1.807, 2.05) is 31.2 Å². The molecule has 1 heterocycles. The average molecular weight is 367 g/mol. The Morgan fingerprint density at radius 2 is 1.59 bits per heavy atom. The molecule has 0 aliphatic rings. The van der Waals surface area contributed by atoms with Gasteiger partial charge in [-0.2, -0.15) is 10.1 Å². The molecule has 3 aromatic rings. The highest BCUT2D eigenvalue weighted by Gasteiger charge is 2.14. The fourth-order valence-electron chi connectivity index (χ4n) is 2.55. The van der Waals surface area contributed by atoms with Crippen LogP contribution in [0.15, 0.2) is 42.6 Å². The smallest absolute Gasteiger partial charge is 0.249 e. The van der Waals surface area contributed by atoms with Gasteiger partial charge in [0, 0.05) is 23.5 Å². The highest BCUT2D eigenvalue weighted by molar-refractivity contribution is 5.66. The van der Waals surface area contributed by atoms with Crippen molar-refractivity contribution in [3.63, 3.8) is 0 Å². The first-order valence-corrected chi connectivity index (χ1v) is 8.24. The Morgan fingerprint density at radius 3 is 2.22 bits per heavy atom. The summed E-state index contributed by atoms with van der Waals surface area (Å²) in [4.78, 5) is 4.45. The highest BCUT2D eigenvalue weighted by atomic mass is 16.5. The number of methoxy groups -OCH3 is 3. The van der Waals surface area contributed by atoms with Gasteiger partial charge in [0.15, 0.2) is 17.3 Å². The molecule has 0 aliphatic carbocycles. The molecule has 0 amide bonds. The Balaban J connectivity index is 1.85. The molecule has 0 fully saturated rings. The second-order valence-electron chi connectivity index (χ2n) is 5.64. The molecule has 2 aromatic carbocycles. The van der Waals surface area contributed by atoms with E-state index in [9.17, 15) is 0 Å². The minimum atomic E-state index is 0.336. The summed E-state index contributed by atoms with van der Waals surface area (Å²) in [5, 5.41) is 14.4. The zero-order valence-electron chi connectivity index (χ0n) is 15.6. The number of hydrogen-bond donors (Lipinski definition) is 2. The van der Waals surface area contributed by atoms with E-state index in [0.29, 0.717) is 34.7 Å². The number of benzene rings is 2. The van der Waals surface area contributed by atoms with Crippen LogP contribution in [-0.4, -0.2) is 36.5 Å². The van der Waals surface area contributed by atoms with Crippen LogP contribution < -0.4 is 24.8 Å². The molecule has 0 radical (unpaired) electrons. The molecule has 0 atom stereocenters. The SMILES string of the molecule is COc1cc(Nc2nncc(Nc3ccccc3C)n2)cc(OC)c1OC. The van der Waals surface area contributed by atoms with Gasteiger partial charge in [-0.15, -0.1) is 5.10 Å². The zero-order chi connectivity index (χ0) is 19.2. The van der Waals surface area contributed by atoms with Crippen molar-refractivity contribution in [3.8, 4) is 17.2 Å². The topological polar surface area (TPSA) is 90.4 Å². The minimum Gasteiger partial charge on any atom is -0.493 e. The monoisotopic (exact) mass is 367 g/mol. The third-order valence-corrected chi connectivity index (χ3v) is 3.89. The molecule has 0 saturated heterocycles. The van der Waals surface area contributed by atoms with Crippen LogP contribution in [0.25, 0.3) is 0 Å². The number of nitrogens with zero attached hydrogens (tertiary/aromatic N) is 3. The standard InChI is InChI=1S/C19H21N5O3/c1-12-7-5-6-8-14(12)22-17-11-20-24-19(23-17)21-13-9-15(25-2)18(27-4)16(10-13)26-3/h5-11H,1-4H3,(H2,21,22,23,24). The number of ether oxygens (including phenoxy) is 3. The fourth-order valence-corrected chi connectivity index (χ4v) is 2.55. The summed E-state index contributed by atoms with van der Waals surface area (Å²) in [5.74, 6) is 2.49. The minimum absolute atomic E-state index is 0.336. The van der Waals surface area contributed by atoms with Crippen LogP contribution in [0, 0.1) is 6.92 Å². The number of para-hydroxylation sites is 1. The third-order valence-electron chi connectivity index (χ3n) is 3.89. The number of aryl methyl sites for hydroxylation is 1. The number of nitrogens with one attached hydrogen (secondary N) is 2. The highest BCUT2D eigenvalue weighted by Crippen LogP contribution is 2.40. The number of hydrogen-bond acceptors (Lipinski definition) is 8. The lowest BCUT2D eigenvalue weighted by molar-refractivity contribution is 0.324. The van der Waals surface area contributed by atoms with Crippen molar-refractivity contribution < 1.29 is 14.2 Å². The van der Waals surface area contributed by atoms with E-state index in [2.05, 4.69) is 25.8 Å². The summed E-state index contributed by atoms with van der Waals surface area (Å²) in [6.45, 7) is 2.02. The van der Waals surface area contributed by atoms with Gasteiger partial charge in [-0.1, -0.05) is 18.2 Å². The molecular formula is C19H21N5O3. The summed E-state index contributed by atoms with van der Waals surface area (Å²) >= 11 is 0. The van der Waals surface area contributed by atoms with E-state index >= 15 is 0 Å². The molecule has 0 aliphatic heterocycles. The summed E-state index contributed by atoms with van der Waals surface area (Å²) in [6.07, 6.45) is 1.56. The van der Waals surface area contributed by atoms with E-state index in [-0.39, 0.29) is 0 Å². The van der Waals surface area contributed by atoms with Crippen LogP contribution >= 0.6 is 0 Å². The maximum absolute atomic E-state index is 5.36. The summed E-state index contributed by atoms with van der Waals surface area (Å²) in [5.41, 5.74) is 2.74. The van der Waals surface area contributed by atoms with E-state index in [0.717, 1.165) is 11.3 Å². The zero-order valence-corrected chi connectivity index (χ0v) is 15.6. The van der Waals surface area contributed by atoms with Gasteiger partial charge in [-0.25, -0.2) is 0 Å². The van der Waals surface area contributed by atoms with Crippen LogP contribution in [0.3, 0.4) is 0 Å². The van der Waals surface area contributed by atoms with Crippen molar-refractivity contribution in [2.75, 3.05) is 32.0 Å². The van der Waals surface area contributed by atoms with E-state index in [4.69, 9.17) is 14.2 Å². The van der Waals surface area contributed by atoms with Crippen molar-refractivity contribution in [1.82, 2.24) is 15.2 Å². The normalized spacial score (nSPS) is 10.2. The molecule has 8 heteroatoms. The average Bonchev–Trinajstić information content (AvgIpc) is 2.69. The van der Waals surface area contributed by atoms with Gasteiger partial charge in [0.2, 0.25) is 11.7 Å². The summed E-state index contributed by atoms with van der Waals surface area (Å²) in [6, 6.07) is 11.5. The molecule has 27 heavy (non-hydrogen) atoms. The number of rotatable bonds is 7. The predicted molar refractivity (Wildman–Crippen MR) is 104 cm³/mol. The van der Waals surface area contributed by atoms with Crippen LogP contribution in [0.1, 0.15) is 5.56 Å². The van der Waals surface area contributed by atoms with Gasteiger partial charge in [0.05, 0.1) is 27.5 Å². The van der Waals surface area contributed by atoms with E-state index in [1.54, 1.807) is 39.7 Å². The Bertz CT molecular complexity index is 908. The van der Waals surface area contributed by atoms with Crippen molar-refractivity contribution in [1.29, 1.82) is 0 Å². The maximum atomic E-state index is 5.36. The predicted octanol–water partition coefficient (Wildman–Crippen LogP) is 3.69. The van der Waals surface area contributed by atoms with Crippen LogP contribution in [0.5, 0.6) is 17.2 Å². The largest absolute Gasteiger partial charge is 0.493 e. The number of anilines is 4. The van der Waals surface area contributed by atoms with E-state index in [1.165, 1.54) is 0 Å². The van der Waals surface area contributed by atoms with E-state index < -0.39 is 0 Å². The van der Waals surface area contributed by atoms with Crippen molar-refractivity contribution in [2.24, 2.45) is 0 Å². The van der Waals surface area contributed by atoms with Gasteiger partial charge in [0.25, 0.3) is 0 Å². The third kappa shape index (κ3) is 4.17. The van der Waals surface area contributed by atoms with Gasteiger partial charge in [0.1, 0.15) is 0 Å². The summed E-state index contributed by atoms with van der Waals surface area (Å²) in [7, 11) is 4.68.